The fraction of sp³-hybridized carbons (Fsp3) is 0.364. The summed E-state index contributed by atoms with van der Waals surface area (Å²) in [4.78, 5) is 3.35. The number of H-pyrrole nitrogens is 1. The molecule has 6 nitrogen and oxygen atoms in total. The molecule has 1 unspecified atom stereocenters. The first-order chi connectivity index (χ1) is 14.1. The van der Waals surface area contributed by atoms with E-state index in [4.69, 9.17) is 16.3 Å². The number of sulfone groups is 1. The molecule has 0 bridgehead atoms. The fourth-order valence-corrected chi connectivity index (χ4v) is 4.40. The van der Waals surface area contributed by atoms with Crippen molar-refractivity contribution < 1.29 is 18.3 Å². The Balaban J connectivity index is 1.49. The van der Waals surface area contributed by atoms with Crippen LogP contribution in [-0.4, -0.2) is 44.5 Å². The number of fused-ring (bicyclic) bond motifs is 1. The molecule has 0 spiro atoms. The number of aryl methyl sites for hydroxylation is 2. The highest BCUT2D eigenvalue weighted by atomic mass is 35.5. The Bertz CT molecular complexity index is 1140. The molecule has 0 radical (unpaired) electrons. The molecular weight excluding hydrogens is 424 g/mol. The van der Waals surface area contributed by atoms with Gasteiger partial charge in [0.15, 0.2) is 9.84 Å². The average molecular weight is 451 g/mol. The van der Waals surface area contributed by atoms with Crippen molar-refractivity contribution in [2.75, 3.05) is 26.0 Å². The number of ether oxygens (including phenoxy) is 1. The lowest BCUT2D eigenvalue weighted by Gasteiger charge is -2.14. The molecule has 0 fully saturated rings. The zero-order valence-electron chi connectivity index (χ0n) is 17.3. The van der Waals surface area contributed by atoms with Gasteiger partial charge < -0.3 is 20.1 Å². The molecule has 2 aromatic carbocycles. The van der Waals surface area contributed by atoms with Gasteiger partial charge in [0.1, 0.15) is 12.4 Å². The third kappa shape index (κ3) is 5.76. The van der Waals surface area contributed by atoms with E-state index in [1.165, 1.54) is 10.9 Å². The summed E-state index contributed by atoms with van der Waals surface area (Å²) in [5.74, 6) is 0.631. The normalized spacial score (nSPS) is 13.0. The summed E-state index contributed by atoms with van der Waals surface area (Å²) in [7, 11) is -3.21. The first-order valence-corrected chi connectivity index (χ1v) is 12.1. The molecule has 0 saturated heterocycles. The number of rotatable bonds is 9. The SMILES string of the molecule is Cc1[nH]c2cc(OCCNCC(O)c3ccc(Cl)c(CS(C)(=O)=O)c3)ccc2c1C. The van der Waals surface area contributed by atoms with Crippen LogP contribution in [0.15, 0.2) is 36.4 Å². The molecule has 0 aliphatic rings. The number of aliphatic hydroxyl groups excluding tert-OH is 1. The van der Waals surface area contributed by atoms with Gasteiger partial charge in [0.05, 0.1) is 11.9 Å². The standard InChI is InChI=1S/C22H27ClN2O4S/c1-14-15(2)25-21-11-18(5-6-19(14)21)29-9-8-24-12-22(26)16-4-7-20(23)17(10-16)13-30(3,27)28/h4-7,10-11,22,24-26H,8-9,12-13H2,1-3H3. The number of halogens is 1. The summed E-state index contributed by atoms with van der Waals surface area (Å²) in [6.45, 7) is 5.47. The molecule has 3 aromatic rings. The molecule has 3 N–H and O–H groups in total. The Morgan fingerprint density at radius 3 is 2.70 bits per heavy atom. The smallest absolute Gasteiger partial charge is 0.151 e. The van der Waals surface area contributed by atoms with Crippen molar-refractivity contribution in [1.82, 2.24) is 10.3 Å². The van der Waals surface area contributed by atoms with Crippen molar-refractivity contribution in [2.24, 2.45) is 0 Å². The predicted molar refractivity (Wildman–Crippen MR) is 121 cm³/mol. The topological polar surface area (TPSA) is 91.4 Å². The molecule has 8 heteroatoms. The highest BCUT2D eigenvalue weighted by Crippen LogP contribution is 2.25. The molecule has 0 amide bonds. The van der Waals surface area contributed by atoms with Gasteiger partial charge in [-0.2, -0.15) is 0 Å². The fourth-order valence-electron chi connectivity index (χ4n) is 3.33. The number of aromatic nitrogens is 1. The van der Waals surface area contributed by atoms with Gasteiger partial charge in [-0.25, -0.2) is 8.42 Å². The maximum absolute atomic E-state index is 11.5. The van der Waals surface area contributed by atoms with Crippen LogP contribution in [0.5, 0.6) is 5.75 Å². The lowest BCUT2D eigenvalue weighted by Crippen LogP contribution is -2.26. The van der Waals surface area contributed by atoms with Crippen molar-refractivity contribution in [3.05, 3.63) is 63.8 Å². The number of aliphatic hydroxyl groups is 1. The van der Waals surface area contributed by atoms with Crippen LogP contribution in [0.2, 0.25) is 5.02 Å². The molecule has 30 heavy (non-hydrogen) atoms. The third-order valence-electron chi connectivity index (χ3n) is 5.04. The summed E-state index contributed by atoms with van der Waals surface area (Å²) in [6, 6.07) is 10.9. The molecule has 162 valence electrons. The van der Waals surface area contributed by atoms with Crippen LogP contribution in [0, 0.1) is 13.8 Å². The van der Waals surface area contributed by atoms with Gasteiger partial charge in [-0.1, -0.05) is 23.7 Å². The highest BCUT2D eigenvalue weighted by Gasteiger charge is 2.13. The first kappa shape index (κ1) is 22.6. The number of hydrogen-bond acceptors (Lipinski definition) is 5. The molecule has 1 atom stereocenters. The zero-order chi connectivity index (χ0) is 21.9. The highest BCUT2D eigenvalue weighted by molar-refractivity contribution is 7.89. The van der Waals surface area contributed by atoms with Crippen LogP contribution < -0.4 is 10.1 Å². The van der Waals surface area contributed by atoms with Gasteiger partial charge >= 0.3 is 0 Å². The van der Waals surface area contributed by atoms with E-state index in [0.717, 1.165) is 23.2 Å². The summed E-state index contributed by atoms with van der Waals surface area (Å²) >= 11 is 6.08. The van der Waals surface area contributed by atoms with Gasteiger partial charge in [-0.05, 0) is 48.7 Å². The second kappa shape index (κ2) is 9.39. The van der Waals surface area contributed by atoms with Crippen LogP contribution in [0.4, 0.5) is 0 Å². The Morgan fingerprint density at radius 1 is 1.20 bits per heavy atom. The van der Waals surface area contributed by atoms with Crippen LogP contribution in [0.3, 0.4) is 0 Å². The Hall–Kier alpha value is -2.06. The Labute approximate surface area is 182 Å². The van der Waals surface area contributed by atoms with E-state index in [-0.39, 0.29) is 5.75 Å². The summed E-state index contributed by atoms with van der Waals surface area (Å²) in [5, 5.41) is 15.1. The van der Waals surface area contributed by atoms with E-state index in [2.05, 4.69) is 30.2 Å². The molecular formula is C22H27ClN2O4S. The van der Waals surface area contributed by atoms with Crippen LogP contribution in [-0.2, 0) is 15.6 Å². The van der Waals surface area contributed by atoms with Gasteiger partial charge in [0.25, 0.3) is 0 Å². The van der Waals surface area contributed by atoms with Gasteiger partial charge in [-0.3, -0.25) is 0 Å². The minimum absolute atomic E-state index is 0.155. The summed E-state index contributed by atoms with van der Waals surface area (Å²) < 4.78 is 28.9. The molecule has 3 rings (SSSR count). The van der Waals surface area contributed by atoms with E-state index < -0.39 is 15.9 Å². The lowest BCUT2D eigenvalue weighted by molar-refractivity contribution is 0.172. The van der Waals surface area contributed by atoms with E-state index in [1.54, 1.807) is 18.2 Å². The third-order valence-corrected chi connectivity index (χ3v) is 6.24. The number of hydrogen-bond donors (Lipinski definition) is 3. The van der Waals surface area contributed by atoms with Crippen LogP contribution in [0.1, 0.15) is 28.5 Å². The summed E-state index contributed by atoms with van der Waals surface area (Å²) in [6.07, 6.45) is 0.381. The second-order valence-electron chi connectivity index (χ2n) is 7.57. The number of benzene rings is 2. The van der Waals surface area contributed by atoms with E-state index in [0.29, 0.717) is 35.8 Å². The molecule has 1 aromatic heterocycles. The summed E-state index contributed by atoms with van der Waals surface area (Å²) in [5.41, 5.74) is 4.56. The predicted octanol–water partition coefficient (Wildman–Crippen LogP) is 3.68. The molecule has 1 heterocycles. The first-order valence-electron chi connectivity index (χ1n) is 9.70. The van der Waals surface area contributed by atoms with Crippen molar-refractivity contribution in [1.29, 1.82) is 0 Å². The molecule has 0 aliphatic carbocycles. The van der Waals surface area contributed by atoms with Crippen molar-refractivity contribution >= 4 is 32.3 Å². The molecule has 0 saturated carbocycles. The lowest BCUT2D eigenvalue weighted by atomic mass is 10.1. The van der Waals surface area contributed by atoms with Crippen molar-refractivity contribution in [3.8, 4) is 5.75 Å². The maximum Gasteiger partial charge on any atom is 0.151 e. The van der Waals surface area contributed by atoms with Crippen LogP contribution in [0.25, 0.3) is 10.9 Å². The van der Waals surface area contributed by atoms with Gasteiger partial charge in [0, 0.05) is 47.0 Å². The van der Waals surface area contributed by atoms with E-state index >= 15 is 0 Å². The number of nitrogens with one attached hydrogen (secondary N) is 2. The van der Waals surface area contributed by atoms with Crippen molar-refractivity contribution in [3.63, 3.8) is 0 Å². The quantitative estimate of drug-likeness (QED) is 0.432. The Morgan fingerprint density at radius 2 is 1.97 bits per heavy atom. The molecule has 0 aliphatic heterocycles. The van der Waals surface area contributed by atoms with Gasteiger partial charge in [0.2, 0.25) is 0 Å². The van der Waals surface area contributed by atoms with Gasteiger partial charge in [-0.15, -0.1) is 0 Å². The monoisotopic (exact) mass is 450 g/mol. The van der Waals surface area contributed by atoms with Crippen molar-refractivity contribution in [2.45, 2.75) is 25.7 Å². The van der Waals surface area contributed by atoms with Crippen LogP contribution >= 0.6 is 11.6 Å². The Kier molecular flexibility index (Phi) is 7.08. The maximum atomic E-state index is 11.5. The van der Waals surface area contributed by atoms with E-state index in [1.807, 2.05) is 12.1 Å². The second-order valence-corrected chi connectivity index (χ2v) is 10.1. The largest absolute Gasteiger partial charge is 0.492 e. The number of aromatic amines is 1. The minimum atomic E-state index is -3.21. The van der Waals surface area contributed by atoms with E-state index in [9.17, 15) is 13.5 Å². The average Bonchev–Trinajstić information content (AvgIpc) is 2.95. The minimum Gasteiger partial charge on any atom is -0.492 e. The zero-order valence-corrected chi connectivity index (χ0v) is 18.9.